The quantitative estimate of drug-likeness (QED) is 0.163. The number of nitroso groups, excluding NO2 is 1. The first-order valence-electron chi connectivity index (χ1n) is 1.70. The van der Waals surface area contributed by atoms with Crippen molar-refractivity contribution in [3.8, 4) is 0 Å². The fraction of sp³-hybridized carbons (Fsp3) is 1.00. The second kappa shape index (κ2) is 3.78. The summed E-state index contributed by atoms with van der Waals surface area (Å²) in [6.07, 6.45) is 0. The molecule has 0 spiro atoms. The molecule has 0 atom stereocenters. The molecule has 0 aliphatic carbocycles. The Morgan fingerprint density at radius 3 is 2.75 bits per heavy atom. The molecular formula is CH4N4O3. The lowest BCUT2D eigenvalue weighted by Gasteiger charge is -1.89. The van der Waals surface area contributed by atoms with Crippen LogP contribution in [0, 0.1) is 15.0 Å². The van der Waals surface area contributed by atoms with E-state index in [4.69, 9.17) is 4.91 Å². The predicted octanol–water partition coefficient (Wildman–Crippen LogP) is -1.00. The molecule has 46 valence electrons. The molecule has 2 N–H and O–H groups in total. The molecule has 0 radical (unpaired) electrons. The molecule has 0 saturated heterocycles. The van der Waals surface area contributed by atoms with E-state index >= 15 is 0 Å². The SMILES string of the molecule is O=NNCN[N+](=O)[O-]. The number of nitro groups is 1. The minimum atomic E-state index is -0.780. The van der Waals surface area contributed by atoms with Crippen LogP contribution >= 0.6 is 0 Å². The van der Waals surface area contributed by atoms with Gasteiger partial charge in [-0.1, -0.05) is 0 Å². The maximum Gasteiger partial charge on any atom is 0.163 e. The van der Waals surface area contributed by atoms with Crippen LogP contribution in [0.1, 0.15) is 0 Å². The molecule has 0 aromatic rings. The van der Waals surface area contributed by atoms with E-state index in [-0.39, 0.29) is 6.67 Å². The first kappa shape index (κ1) is 6.60. The zero-order chi connectivity index (χ0) is 6.41. The third-order valence-corrected chi connectivity index (χ3v) is 0.352. The lowest BCUT2D eigenvalue weighted by atomic mass is 11.2. The van der Waals surface area contributed by atoms with E-state index in [1.165, 1.54) is 0 Å². The molecular weight excluding hydrogens is 116 g/mol. The second-order valence-corrected chi connectivity index (χ2v) is 0.841. The summed E-state index contributed by atoms with van der Waals surface area (Å²) < 4.78 is 0. The molecule has 0 aliphatic heterocycles. The van der Waals surface area contributed by atoms with Gasteiger partial charge in [-0.2, -0.15) is 0 Å². The molecule has 0 fully saturated rings. The van der Waals surface area contributed by atoms with Gasteiger partial charge in [-0.05, 0) is 0 Å². The number of nitrogens with one attached hydrogen (secondary N) is 2. The minimum absolute atomic E-state index is 0.253. The highest BCUT2D eigenvalue weighted by atomic mass is 16.7. The van der Waals surface area contributed by atoms with E-state index in [0.717, 1.165) is 0 Å². The highest BCUT2D eigenvalue weighted by Crippen LogP contribution is 1.53. The van der Waals surface area contributed by atoms with E-state index in [1.807, 2.05) is 0 Å². The Labute approximate surface area is 44.1 Å². The van der Waals surface area contributed by atoms with Crippen LogP contribution in [0.4, 0.5) is 0 Å². The van der Waals surface area contributed by atoms with Gasteiger partial charge >= 0.3 is 0 Å². The van der Waals surface area contributed by atoms with Gasteiger partial charge in [0.25, 0.3) is 0 Å². The van der Waals surface area contributed by atoms with Crippen molar-refractivity contribution in [2.45, 2.75) is 0 Å². The number of hydrazine groups is 1. The van der Waals surface area contributed by atoms with Crippen LogP contribution in [0.5, 0.6) is 0 Å². The molecule has 0 unspecified atom stereocenters. The molecule has 0 heterocycles. The van der Waals surface area contributed by atoms with E-state index < -0.39 is 5.03 Å². The fourth-order valence-corrected chi connectivity index (χ4v) is 0.132. The Morgan fingerprint density at radius 1 is 1.75 bits per heavy atom. The van der Waals surface area contributed by atoms with Crippen molar-refractivity contribution >= 4 is 0 Å². The average molecular weight is 120 g/mol. The first-order chi connectivity index (χ1) is 3.77. The average Bonchev–Trinajstić information content (AvgIpc) is 1.66. The minimum Gasteiger partial charge on any atom is -0.249 e. The molecule has 0 aliphatic rings. The molecule has 7 heteroatoms. The van der Waals surface area contributed by atoms with Crippen LogP contribution in [0.15, 0.2) is 5.29 Å². The van der Waals surface area contributed by atoms with Crippen LogP contribution in [-0.2, 0) is 0 Å². The van der Waals surface area contributed by atoms with Gasteiger partial charge in [0.05, 0.1) is 5.29 Å². The highest BCUT2D eigenvalue weighted by molar-refractivity contribution is 4.22. The summed E-state index contributed by atoms with van der Waals surface area (Å²) in [5.74, 6) is 0. The lowest BCUT2D eigenvalue weighted by Crippen LogP contribution is -2.29. The summed E-state index contributed by atoms with van der Waals surface area (Å²) in [5.41, 5.74) is 3.46. The van der Waals surface area contributed by atoms with E-state index in [2.05, 4.69) is 5.29 Å². The molecule has 0 bridgehead atoms. The van der Waals surface area contributed by atoms with E-state index in [1.54, 1.807) is 10.9 Å². The molecule has 7 nitrogen and oxygen atoms in total. The summed E-state index contributed by atoms with van der Waals surface area (Å²) in [6.45, 7) is -0.253. The number of hydrogen-bond acceptors (Lipinski definition) is 4. The summed E-state index contributed by atoms with van der Waals surface area (Å²) in [4.78, 5) is 18.5. The normalized spacial score (nSPS) is 7.50. The maximum absolute atomic E-state index is 9.38. The Hall–Kier alpha value is -1.40. The Balaban J connectivity index is 2.93. The van der Waals surface area contributed by atoms with Gasteiger partial charge in [0.2, 0.25) is 0 Å². The van der Waals surface area contributed by atoms with Crippen molar-refractivity contribution in [3.63, 3.8) is 0 Å². The zero-order valence-electron chi connectivity index (χ0n) is 3.83. The maximum atomic E-state index is 9.38. The van der Waals surface area contributed by atoms with Gasteiger partial charge < -0.3 is 0 Å². The van der Waals surface area contributed by atoms with Crippen LogP contribution < -0.4 is 10.9 Å². The van der Waals surface area contributed by atoms with Gasteiger partial charge in [-0.15, -0.1) is 10.3 Å². The summed E-state index contributed by atoms with van der Waals surface area (Å²) in [7, 11) is 0. The standard InChI is InChI=1S/CH4N4O3/c6-4-2-1-3-5(7)8/h3H,1H2,(H,2,6). The van der Waals surface area contributed by atoms with Gasteiger partial charge in [-0.25, -0.2) is 15.5 Å². The molecule has 0 aromatic heterocycles. The van der Waals surface area contributed by atoms with Gasteiger partial charge in [0.1, 0.15) is 0 Å². The van der Waals surface area contributed by atoms with Crippen LogP contribution in [0.25, 0.3) is 0 Å². The topological polar surface area (TPSA) is 96.6 Å². The van der Waals surface area contributed by atoms with Crippen LogP contribution in [0.2, 0.25) is 0 Å². The Bertz CT molecular complexity index is 91.3. The summed E-state index contributed by atoms with van der Waals surface area (Å²) in [6, 6.07) is 0. The van der Waals surface area contributed by atoms with Gasteiger partial charge in [0, 0.05) is 0 Å². The second-order valence-electron chi connectivity index (χ2n) is 0.841. The van der Waals surface area contributed by atoms with Gasteiger partial charge in [0.15, 0.2) is 11.7 Å². The van der Waals surface area contributed by atoms with Crippen molar-refractivity contribution in [1.29, 1.82) is 0 Å². The third kappa shape index (κ3) is 4.60. The van der Waals surface area contributed by atoms with Crippen molar-refractivity contribution in [2.24, 2.45) is 5.29 Å². The smallest absolute Gasteiger partial charge is 0.163 e. The largest absolute Gasteiger partial charge is 0.249 e. The van der Waals surface area contributed by atoms with E-state index in [0.29, 0.717) is 0 Å². The summed E-state index contributed by atoms with van der Waals surface area (Å²) in [5, 5.41) is 10.7. The molecule has 0 rings (SSSR count). The predicted molar refractivity (Wildman–Crippen MR) is 23.9 cm³/mol. The molecule has 8 heavy (non-hydrogen) atoms. The highest BCUT2D eigenvalue weighted by Gasteiger charge is 1.87. The van der Waals surface area contributed by atoms with Gasteiger partial charge in [-0.3, -0.25) is 0 Å². The molecule has 0 saturated carbocycles. The van der Waals surface area contributed by atoms with Crippen molar-refractivity contribution in [3.05, 3.63) is 15.0 Å². The Morgan fingerprint density at radius 2 is 2.38 bits per heavy atom. The first-order valence-corrected chi connectivity index (χ1v) is 1.70. The molecule has 0 aromatic carbocycles. The van der Waals surface area contributed by atoms with Crippen molar-refractivity contribution < 1.29 is 5.03 Å². The summed E-state index contributed by atoms with van der Waals surface area (Å²) >= 11 is 0. The Kier molecular flexibility index (Phi) is 3.12. The zero-order valence-corrected chi connectivity index (χ0v) is 3.83. The third-order valence-electron chi connectivity index (χ3n) is 0.352. The monoisotopic (exact) mass is 120 g/mol. The van der Waals surface area contributed by atoms with E-state index in [9.17, 15) is 10.1 Å². The van der Waals surface area contributed by atoms with Crippen molar-refractivity contribution in [2.75, 3.05) is 6.67 Å². The van der Waals surface area contributed by atoms with Crippen LogP contribution in [0.3, 0.4) is 0 Å². The molecule has 0 amide bonds. The number of nitrogens with zero attached hydrogens (tertiary/aromatic N) is 2. The van der Waals surface area contributed by atoms with Crippen molar-refractivity contribution in [1.82, 2.24) is 10.9 Å². The lowest BCUT2D eigenvalue weighted by molar-refractivity contribution is -0.544. The fourth-order valence-electron chi connectivity index (χ4n) is 0.132. The number of hydrogen-bond donors (Lipinski definition) is 2. The number of rotatable bonds is 4. The van der Waals surface area contributed by atoms with Crippen LogP contribution in [-0.4, -0.2) is 11.7 Å².